The van der Waals surface area contributed by atoms with Gasteiger partial charge in [-0.15, -0.1) is 0 Å². The first-order valence-electron chi connectivity index (χ1n) is 23.3. The number of aliphatic hydroxyl groups is 1. The van der Waals surface area contributed by atoms with E-state index in [9.17, 15) is 9.90 Å². The lowest BCUT2D eigenvalue weighted by atomic mass is 9.98. The zero-order chi connectivity index (χ0) is 43.2. The van der Waals surface area contributed by atoms with E-state index < -0.39 is 6.29 Å². The maximum Gasteiger partial charge on any atom is 0.319 e. The second kappa shape index (κ2) is 25.8. The highest BCUT2D eigenvalue weighted by Crippen LogP contribution is 2.39. The van der Waals surface area contributed by atoms with Gasteiger partial charge in [-0.25, -0.2) is 4.79 Å². The Morgan fingerprint density at radius 3 is 1.94 bits per heavy atom. The normalized spacial score (nSPS) is 16.3. The van der Waals surface area contributed by atoms with Crippen LogP contribution in [0.1, 0.15) is 132 Å². The summed E-state index contributed by atoms with van der Waals surface area (Å²) in [7, 11) is 0. The van der Waals surface area contributed by atoms with Crippen molar-refractivity contribution in [2.75, 3.05) is 25.0 Å². The zero-order valence-corrected chi connectivity index (χ0v) is 37.1. The van der Waals surface area contributed by atoms with E-state index in [1.54, 1.807) is 0 Å². The highest BCUT2D eigenvalue weighted by atomic mass is 16.7. The molecule has 0 radical (unpaired) electrons. The fourth-order valence-electron chi connectivity index (χ4n) is 8.13. The molecule has 1 fully saturated rings. The van der Waals surface area contributed by atoms with Gasteiger partial charge in [0.2, 0.25) is 0 Å². The van der Waals surface area contributed by atoms with Gasteiger partial charge in [-0.3, -0.25) is 0 Å². The van der Waals surface area contributed by atoms with E-state index >= 15 is 0 Å². The second-order valence-corrected chi connectivity index (χ2v) is 16.8. The van der Waals surface area contributed by atoms with Crippen molar-refractivity contribution >= 4 is 11.7 Å². The molecule has 330 valence electrons. The van der Waals surface area contributed by atoms with Gasteiger partial charge in [-0.1, -0.05) is 163 Å². The fourth-order valence-corrected chi connectivity index (χ4v) is 8.13. The molecule has 0 saturated carbocycles. The van der Waals surface area contributed by atoms with Crippen LogP contribution in [-0.2, 0) is 22.6 Å². The lowest BCUT2D eigenvalue weighted by molar-refractivity contribution is -0.253. The zero-order valence-electron chi connectivity index (χ0n) is 37.1. The molecule has 2 amide bonds. The number of rotatable bonds is 25. The van der Waals surface area contributed by atoms with Crippen LogP contribution >= 0.6 is 0 Å². The third-order valence-electron chi connectivity index (χ3n) is 11.7. The Hall–Kier alpha value is -4.99. The molecule has 3 N–H and O–H groups in total. The van der Waals surface area contributed by atoms with Crippen molar-refractivity contribution in [3.8, 4) is 22.6 Å². The van der Waals surface area contributed by atoms with Crippen LogP contribution in [-0.4, -0.2) is 41.8 Å². The average Bonchev–Trinajstić information content (AvgIpc) is 3.31. The van der Waals surface area contributed by atoms with Crippen LogP contribution in [0.25, 0.3) is 11.1 Å². The molecule has 62 heavy (non-hydrogen) atoms. The molecule has 0 spiro atoms. The van der Waals surface area contributed by atoms with E-state index in [1.165, 1.54) is 77.0 Å². The van der Waals surface area contributed by atoms with Crippen LogP contribution in [0.2, 0.25) is 0 Å². The largest absolute Gasteiger partial charge is 0.457 e. The number of urea groups is 1. The van der Waals surface area contributed by atoms with Gasteiger partial charge < -0.3 is 34.9 Å². The van der Waals surface area contributed by atoms with E-state index in [4.69, 9.17) is 14.2 Å². The van der Waals surface area contributed by atoms with Gasteiger partial charge in [0.1, 0.15) is 11.5 Å². The lowest BCUT2D eigenvalue weighted by Crippen LogP contribution is -2.40. The summed E-state index contributed by atoms with van der Waals surface area (Å²) < 4.78 is 19.5. The van der Waals surface area contributed by atoms with E-state index in [2.05, 4.69) is 77.9 Å². The summed E-state index contributed by atoms with van der Waals surface area (Å²) in [5.74, 6) is 1.46. The highest BCUT2D eigenvalue weighted by molar-refractivity contribution is 5.89. The molecule has 0 aliphatic carbocycles. The minimum Gasteiger partial charge on any atom is -0.457 e. The molecule has 3 unspecified atom stereocenters. The van der Waals surface area contributed by atoms with Crippen molar-refractivity contribution in [1.82, 2.24) is 10.2 Å². The number of nitrogens with zero attached hydrogens (tertiary/aromatic N) is 1. The molecule has 1 saturated heterocycles. The number of ether oxygens (including phenoxy) is 3. The van der Waals surface area contributed by atoms with E-state index in [-0.39, 0.29) is 24.8 Å². The third-order valence-corrected chi connectivity index (χ3v) is 11.7. The molecule has 1 heterocycles. The molecule has 5 aromatic carbocycles. The van der Waals surface area contributed by atoms with E-state index in [0.29, 0.717) is 18.0 Å². The number of unbranched alkanes of at least 4 members (excludes halogenated alkanes) is 10. The molecule has 3 atom stereocenters. The molecule has 8 nitrogen and oxygen atoms in total. The molecular formula is C54H69N3O5. The predicted molar refractivity (Wildman–Crippen MR) is 252 cm³/mol. The van der Waals surface area contributed by atoms with Crippen LogP contribution in [0.15, 0.2) is 127 Å². The fraction of sp³-hybridized carbons (Fsp3) is 0.426. The summed E-state index contributed by atoms with van der Waals surface area (Å²) in [6, 6.07) is 41.6. The minimum absolute atomic E-state index is 0.0190. The molecule has 8 heteroatoms. The van der Waals surface area contributed by atoms with Gasteiger partial charge in [0.05, 0.1) is 18.8 Å². The van der Waals surface area contributed by atoms with Crippen molar-refractivity contribution in [3.05, 3.63) is 150 Å². The minimum atomic E-state index is -0.503. The summed E-state index contributed by atoms with van der Waals surface area (Å²) in [4.78, 5) is 15.5. The Balaban J connectivity index is 1.07. The van der Waals surface area contributed by atoms with Crippen molar-refractivity contribution in [2.45, 2.75) is 129 Å². The first-order valence-corrected chi connectivity index (χ1v) is 23.3. The smallest absolute Gasteiger partial charge is 0.319 e. The number of hydrogen-bond acceptors (Lipinski definition) is 6. The maximum absolute atomic E-state index is 12.8. The van der Waals surface area contributed by atoms with Gasteiger partial charge in [0.25, 0.3) is 0 Å². The first kappa shape index (κ1) is 46.5. The number of carbonyl (C=O) groups excluding carboxylic acids is 1. The van der Waals surface area contributed by atoms with Crippen LogP contribution in [0.5, 0.6) is 11.5 Å². The molecule has 0 bridgehead atoms. The van der Waals surface area contributed by atoms with Gasteiger partial charge in [0, 0.05) is 30.8 Å². The third kappa shape index (κ3) is 15.4. The number of amides is 2. The number of aliphatic hydroxyl groups excluding tert-OH is 1. The number of carbonyl (C=O) groups is 1. The van der Waals surface area contributed by atoms with Gasteiger partial charge in [-0.2, -0.15) is 0 Å². The van der Waals surface area contributed by atoms with Crippen LogP contribution in [0, 0.1) is 0 Å². The van der Waals surface area contributed by atoms with Crippen molar-refractivity contribution in [1.29, 1.82) is 0 Å². The van der Waals surface area contributed by atoms with Crippen molar-refractivity contribution in [2.24, 2.45) is 0 Å². The monoisotopic (exact) mass is 840 g/mol. The number of para-hydroxylation sites is 1. The van der Waals surface area contributed by atoms with Crippen molar-refractivity contribution < 1.29 is 24.1 Å². The Kier molecular flexibility index (Phi) is 19.4. The highest BCUT2D eigenvalue weighted by Gasteiger charge is 2.33. The topological polar surface area (TPSA) is 92.3 Å². The summed E-state index contributed by atoms with van der Waals surface area (Å²) in [5, 5.41) is 15.6. The van der Waals surface area contributed by atoms with Gasteiger partial charge in [0.15, 0.2) is 6.29 Å². The summed E-state index contributed by atoms with van der Waals surface area (Å²) in [6.45, 7) is 8.07. The summed E-state index contributed by atoms with van der Waals surface area (Å²) >= 11 is 0. The maximum atomic E-state index is 12.8. The molecular weight excluding hydrogens is 771 g/mol. The Labute approximate surface area is 371 Å². The van der Waals surface area contributed by atoms with Gasteiger partial charge in [-0.05, 0) is 96.2 Å². The molecule has 0 aromatic heterocycles. The van der Waals surface area contributed by atoms with Crippen molar-refractivity contribution in [3.63, 3.8) is 0 Å². The Bertz CT molecular complexity index is 1990. The lowest BCUT2D eigenvalue weighted by Gasteiger charge is -2.38. The first-order chi connectivity index (χ1) is 30.5. The number of nitrogens with one attached hydrogen (secondary N) is 2. The van der Waals surface area contributed by atoms with E-state index in [0.717, 1.165) is 65.2 Å². The summed E-state index contributed by atoms with van der Waals surface area (Å²) in [5.41, 5.74) is 6.81. The standard InChI is InChI=1S/C54H69N3O5/c1-3-5-7-9-11-16-35-57(36-17-12-10-8-6-4-2)40-51-38-52(45-25-23-42(41-58)24-26-45)62-53(61-51)46-29-27-44(28-30-46)47-20-18-19-43(37-47)39-55-54(59)56-48-31-33-50(34-32-48)60-49-21-14-13-15-22-49/h13-15,18-34,37,51-53,58H,3-12,16-17,35-36,38-41H2,1-2H3,(H2,55,56,59). The number of hydrogen-bond donors (Lipinski definition) is 3. The van der Waals surface area contributed by atoms with E-state index in [1.807, 2.05) is 78.9 Å². The average molecular weight is 840 g/mol. The molecule has 6 rings (SSSR count). The predicted octanol–water partition coefficient (Wildman–Crippen LogP) is 13.5. The second-order valence-electron chi connectivity index (χ2n) is 16.8. The molecule has 5 aromatic rings. The summed E-state index contributed by atoms with van der Waals surface area (Å²) in [6.07, 6.45) is 15.7. The SMILES string of the molecule is CCCCCCCCN(CCCCCCCC)CC1CC(c2ccc(CO)cc2)OC(c2ccc(-c3cccc(CNC(=O)Nc4ccc(Oc5ccccc5)cc4)c3)cc2)O1. The molecule has 1 aliphatic rings. The van der Waals surface area contributed by atoms with Crippen LogP contribution in [0.3, 0.4) is 0 Å². The van der Waals surface area contributed by atoms with Crippen LogP contribution < -0.4 is 15.4 Å². The number of anilines is 1. The van der Waals surface area contributed by atoms with Crippen LogP contribution in [0.4, 0.5) is 10.5 Å². The Morgan fingerprint density at radius 2 is 1.27 bits per heavy atom. The number of benzene rings is 5. The molecule has 1 aliphatic heterocycles. The Morgan fingerprint density at radius 1 is 0.645 bits per heavy atom. The van der Waals surface area contributed by atoms with Gasteiger partial charge >= 0.3 is 6.03 Å². The quantitative estimate of drug-likeness (QED) is 0.0507.